The van der Waals surface area contributed by atoms with Crippen LogP contribution in [-0.2, 0) is 0 Å². The smallest absolute Gasteiger partial charge is 0.337 e. The molecule has 0 aromatic heterocycles. The average Bonchev–Trinajstić information content (AvgIpc) is 2.32. The van der Waals surface area contributed by atoms with E-state index in [2.05, 4.69) is 0 Å². The Labute approximate surface area is 114 Å². The Morgan fingerprint density at radius 3 is 2.17 bits per heavy atom. The zero-order chi connectivity index (χ0) is 13.3. The van der Waals surface area contributed by atoms with E-state index in [1.807, 2.05) is 0 Å². The van der Waals surface area contributed by atoms with Crippen LogP contribution < -0.4 is 5.73 Å². The Kier molecular flexibility index (Phi) is 3.45. The number of aromatic carboxylic acids is 1. The molecule has 2 rings (SSSR count). The number of carboxylic acid groups (broad SMARTS) is 1. The first-order valence-corrected chi connectivity index (χ1v) is 5.83. The summed E-state index contributed by atoms with van der Waals surface area (Å²) in [6.07, 6.45) is 0. The fraction of sp³-hybridized carbons (Fsp3) is 0. The van der Waals surface area contributed by atoms with Crippen molar-refractivity contribution in [3.63, 3.8) is 0 Å². The highest BCUT2D eigenvalue weighted by molar-refractivity contribution is 6.42. The maximum absolute atomic E-state index is 10.8. The molecule has 0 aliphatic carbocycles. The predicted octanol–water partition coefficient (Wildman–Crippen LogP) is 3.94. The van der Waals surface area contributed by atoms with Gasteiger partial charge in [0, 0.05) is 5.69 Å². The van der Waals surface area contributed by atoms with Crippen molar-refractivity contribution in [3.05, 3.63) is 52.0 Å². The van der Waals surface area contributed by atoms with E-state index >= 15 is 0 Å². The van der Waals surface area contributed by atoms with E-state index in [1.54, 1.807) is 30.3 Å². The molecular weight excluding hydrogens is 273 g/mol. The van der Waals surface area contributed by atoms with Gasteiger partial charge in [0.1, 0.15) is 0 Å². The monoisotopic (exact) mass is 281 g/mol. The first-order valence-electron chi connectivity index (χ1n) is 5.07. The van der Waals surface area contributed by atoms with Gasteiger partial charge >= 0.3 is 5.97 Å². The Hall–Kier alpha value is -1.71. The van der Waals surface area contributed by atoms with Crippen LogP contribution in [0.5, 0.6) is 0 Å². The van der Waals surface area contributed by atoms with Crippen LogP contribution in [0.3, 0.4) is 0 Å². The molecule has 3 N–H and O–H groups in total. The number of carboxylic acids is 1. The predicted molar refractivity (Wildman–Crippen MR) is 73.3 cm³/mol. The summed E-state index contributed by atoms with van der Waals surface area (Å²) >= 11 is 11.8. The van der Waals surface area contributed by atoms with Crippen molar-refractivity contribution in [3.8, 4) is 11.1 Å². The second-order valence-corrected chi connectivity index (χ2v) is 4.55. The van der Waals surface area contributed by atoms with Crippen LogP contribution in [-0.4, -0.2) is 11.1 Å². The Morgan fingerprint density at radius 2 is 1.61 bits per heavy atom. The second-order valence-electron chi connectivity index (χ2n) is 3.74. The number of anilines is 1. The van der Waals surface area contributed by atoms with Crippen molar-refractivity contribution >= 4 is 34.9 Å². The number of nitrogen functional groups attached to an aromatic ring is 1. The van der Waals surface area contributed by atoms with Crippen LogP contribution in [0.4, 0.5) is 5.69 Å². The molecule has 3 nitrogen and oxygen atoms in total. The third-order valence-corrected chi connectivity index (χ3v) is 3.27. The molecule has 0 bridgehead atoms. The molecule has 18 heavy (non-hydrogen) atoms. The molecule has 0 amide bonds. The molecule has 0 fully saturated rings. The van der Waals surface area contributed by atoms with E-state index in [4.69, 9.17) is 34.0 Å². The summed E-state index contributed by atoms with van der Waals surface area (Å²) in [6.45, 7) is 0. The summed E-state index contributed by atoms with van der Waals surface area (Å²) in [5.41, 5.74) is 7.60. The minimum absolute atomic E-state index is 0.0822. The van der Waals surface area contributed by atoms with Gasteiger partial charge < -0.3 is 10.8 Å². The van der Waals surface area contributed by atoms with Gasteiger partial charge in [0.05, 0.1) is 15.6 Å². The quantitative estimate of drug-likeness (QED) is 0.820. The fourth-order valence-corrected chi connectivity index (χ4v) is 1.91. The molecule has 0 unspecified atom stereocenters. The molecule has 0 spiro atoms. The largest absolute Gasteiger partial charge is 0.478 e. The molecular formula is C13H9Cl2NO2. The van der Waals surface area contributed by atoms with Crippen molar-refractivity contribution in [1.82, 2.24) is 0 Å². The van der Waals surface area contributed by atoms with Crippen LogP contribution >= 0.6 is 23.2 Å². The number of hydrogen-bond donors (Lipinski definition) is 2. The van der Waals surface area contributed by atoms with E-state index in [0.29, 0.717) is 10.0 Å². The summed E-state index contributed by atoms with van der Waals surface area (Å²) in [6, 6.07) is 9.93. The molecule has 5 heteroatoms. The summed E-state index contributed by atoms with van der Waals surface area (Å²) in [5, 5.41) is 9.80. The van der Waals surface area contributed by atoms with Crippen LogP contribution in [0.2, 0.25) is 10.0 Å². The van der Waals surface area contributed by atoms with Crippen molar-refractivity contribution in [1.29, 1.82) is 0 Å². The molecule has 0 heterocycles. The van der Waals surface area contributed by atoms with Crippen LogP contribution in [0.25, 0.3) is 11.1 Å². The number of nitrogens with two attached hydrogens (primary N) is 1. The minimum Gasteiger partial charge on any atom is -0.478 e. The number of benzene rings is 2. The first-order chi connectivity index (χ1) is 8.49. The zero-order valence-corrected chi connectivity index (χ0v) is 10.7. The van der Waals surface area contributed by atoms with Crippen LogP contribution in [0.15, 0.2) is 36.4 Å². The highest BCUT2D eigenvalue weighted by Gasteiger charge is 2.09. The van der Waals surface area contributed by atoms with Gasteiger partial charge in [-0.25, -0.2) is 4.79 Å². The van der Waals surface area contributed by atoms with E-state index < -0.39 is 5.97 Å². The van der Waals surface area contributed by atoms with Gasteiger partial charge in [0.15, 0.2) is 0 Å². The molecule has 0 saturated carbocycles. The third kappa shape index (κ3) is 2.42. The normalized spacial score (nSPS) is 10.3. The number of halogens is 2. The third-order valence-electron chi connectivity index (χ3n) is 2.53. The molecule has 0 aliphatic heterocycles. The van der Waals surface area contributed by atoms with Gasteiger partial charge in [-0.05, 0) is 35.4 Å². The molecule has 0 aliphatic rings. The molecule has 0 atom stereocenters. The lowest BCUT2D eigenvalue weighted by atomic mass is 10.0. The average molecular weight is 282 g/mol. The summed E-state index contributed by atoms with van der Waals surface area (Å²) in [7, 11) is 0. The lowest BCUT2D eigenvalue weighted by Gasteiger charge is -2.06. The zero-order valence-electron chi connectivity index (χ0n) is 9.15. The van der Waals surface area contributed by atoms with Crippen LogP contribution in [0, 0.1) is 0 Å². The lowest BCUT2D eigenvalue weighted by molar-refractivity contribution is 0.0698. The Morgan fingerprint density at radius 1 is 1.00 bits per heavy atom. The van der Waals surface area contributed by atoms with E-state index in [-0.39, 0.29) is 11.3 Å². The van der Waals surface area contributed by atoms with Gasteiger partial charge in [-0.2, -0.15) is 0 Å². The van der Waals surface area contributed by atoms with E-state index in [0.717, 1.165) is 11.1 Å². The molecule has 2 aromatic rings. The van der Waals surface area contributed by atoms with Gasteiger partial charge in [-0.15, -0.1) is 0 Å². The number of rotatable bonds is 2. The number of hydrogen-bond acceptors (Lipinski definition) is 2. The fourth-order valence-electron chi connectivity index (χ4n) is 1.61. The lowest BCUT2D eigenvalue weighted by Crippen LogP contribution is -2.02. The van der Waals surface area contributed by atoms with Gasteiger partial charge in [0.25, 0.3) is 0 Å². The molecule has 2 aromatic carbocycles. The summed E-state index contributed by atoms with van der Waals surface area (Å²) in [4.78, 5) is 10.8. The molecule has 0 saturated heterocycles. The second kappa shape index (κ2) is 4.88. The van der Waals surface area contributed by atoms with Crippen LogP contribution in [0.1, 0.15) is 10.4 Å². The summed E-state index contributed by atoms with van der Waals surface area (Å²) < 4.78 is 0. The number of carbonyl (C=O) groups is 1. The van der Waals surface area contributed by atoms with Gasteiger partial charge in [-0.1, -0.05) is 35.3 Å². The Balaban J connectivity index is 2.48. The topological polar surface area (TPSA) is 63.3 Å². The highest BCUT2D eigenvalue weighted by Crippen LogP contribution is 2.30. The van der Waals surface area contributed by atoms with Crippen molar-refractivity contribution in [2.75, 3.05) is 5.73 Å². The van der Waals surface area contributed by atoms with Gasteiger partial charge in [-0.3, -0.25) is 0 Å². The standard InChI is InChI=1S/C13H9Cl2NO2/c14-10-4-2-7(5-11(10)15)8-1-3-9(13(17)18)12(16)6-8/h1-6H,16H2,(H,17,18). The molecule has 92 valence electrons. The first kappa shape index (κ1) is 12.7. The molecule has 0 radical (unpaired) electrons. The van der Waals surface area contributed by atoms with E-state index in [9.17, 15) is 4.79 Å². The van der Waals surface area contributed by atoms with E-state index in [1.165, 1.54) is 6.07 Å². The SMILES string of the molecule is Nc1cc(-c2ccc(Cl)c(Cl)c2)ccc1C(=O)O. The van der Waals surface area contributed by atoms with Crippen molar-refractivity contribution in [2.45, 2.75) is 0 Å². The summed E-state index contributed by atoms with van der Waals surface area (Å²) in [5.74, 6) is -1.05. The maximum Gasteiger partial charge on any atom is 0.337 e. The highest BCUT2D eigenvalue weighted by atomic mass is 35.5. The Bertz CT molecular complexity index is 626. The van der Waals surface area contributed by atoms with Crippen molar-refractivity contribution < 1.29 is 9.90 Å². The minimum atomic E-state index is -1.05. The van der Waals surface area contributed by atoms with Crippen molar-refractivity contribution in [2.24, 2.45) is 0 Å². The van der Waals surface area contributed by atoms with Gasteiger partial charge in [0.2, 0.25) is 0 Å². The maximum atomic E-state index is 10.8.